The number of aromatic nitrogens is 4. The molecular weight excluding hydrogens is 394 g/mol. The lowest BCUT2D eigenvalue weighted by Crippen LogP contribution is -2.36. The minimum atomic E-state index is 0.0174. The number of ether oxygens (including phenoxy) is 1. The van der Waals surface area contributed by atoms with Gasteiger partial charge in [-0.2, -0.15) is 0 Å². The van der Waals surface area contributed by atoms with Crippen LogP contribution in [0, 0.1) is 0 Å². The van der Waals surface area contributed by atoms with Crippen molar-refractivity contribution in [2.24, 2.45) is 0 Å². The smallest absolute Gasteiger partial charge is 0.255 e. The molecule has 0 radical (unpaired) electrons. The average Bonchev–Trinajstić information content (AvgIpc) is 3.32. The zero-order valence-electron chi connectivity index (χ0n) is 18.6. The Morgan fingerprint density at radius 1 is 1.19 bits per heavy atom. The van der Waals surface area contributed by atoms with E-state index in [-0.39, 0.29) is 5.56 Å². The molecule has 2 aromatic heterocycles. The van der Waals surface area contributed by atoms with Crippen molar-refractivity contribution in [3.05, 3.63) is 39.6 Å². The second-order valence-electron chi connectivity index (χ2n) is 8.09. The third-order valence-electron chi connectivity index (χ3n) is 6.01. The van der Waals surface area contributed by atoms with Gasteiger partial charge in [0.2, 0.25) is 11.9 Å². The van der Waals surface area contributed by atoms with E-state index < -0.39 is 0 Å². The summed E-state index contributed by atoms with van der Waals surface area (Å²) in [5, 5.41) is 0. The number of aromatic amines is 1. The molecule has 1 fully saturated rings. The maximum atomic E-state index is 12.6. The summed E-state index contributed by atoms with van der Waals surface area (Å²) in [6.45, 7) is 11.2. The highest BCUT2D eigenvalue weighted by atomic mass is 16.5. The quantitative estimate of drug-likeness (QED) is 0.604. The minimum Gasteiger partial charge on any atom is -0.380 e. The van der Waals surface area contributed by atoms with Crippen molar-refractivity contribution in [3.8, 4) is 0 Å². The minimum absolute atomic E-state index is 0.0174. The molecule has 2 aliphatic heterocycles. The molecule has 9 nitrogen and oxygen atoms in total. The molecule has 2 aliphatic rings. The molecule has 0 bridgehead atoms. The molecule has 0 aromatic carbocycles. The largest absolute Gasteiger partial charge is 0.380 e. The molecule has 1 N–H and O–H groups in total. The Morgan fingerprint density at radius 2 is 2.03 bits per heavy atom. The molecule has 0 atom stereocenters. The van der Waals surface area contributed by atoms with E-state index >= 15 is 0 Å². The standard InChI is InChI=1S/C22H33N7O2/c1-3-28(13-14-31-4-2)21-23-9-7-17(24-21)15-27-12-8-18-19(16-27)25-22(26-20(18)30)29-10-5-6-11-29/h7,9H,3-6,8,10-16H2,1-2H3,(H,25,26,30). The molecule has 0 saturated carbocycles. The Bertz CT molecular complexity index is 926. The van der Waals surface area contributed by atoms with Crippen LogP contribution in [-0.2, 0) is 24.2 Å². The summed E-state index contributed by atoms with van der Waals surface area (Å²) in [6.07, 6.45) is 4.85. The second-order valence-corrected chi connectivity index (χ2v) is 8.09. The van der Waals surface area contributed by atoms with Crippen LogP contribution in [0.5, 0.6) is 0 Å². The number of hydrogen-bond donors (Lipinski definition) is 1. The normalized spacial score (nSPS) is 16.5. The number of fused-ring (bicyclic) bond motifs is 1. The van der Waals surface area contributed by atoms with Crippen molar-refractivity contribution in [1.82, 2.24) is 24.8 Å². The molecule has 31 heavy (non-hydrogen) atoms. The van der Waals surface area contributed by atoms with Crippen LogP contribution in [-0.4, -0.2) is 70.8 Å². The molecule has 4 heterocycles. The van der Waals surface area contributed by atoms with Crippen LogP contribution in [0.4, 0.5) is 11.9 Å². The van der Waals surface area contributed by atoms with E-state index in [1.54, 1.807) is 0 Å². The van der Waals surface area contributed by atoms with E-state index in [9.17, 15) is 4.79 Å². The van der Waals surface area contributed by atoms with Gasteiger partial charge in [0, 0.05) is 64.2 Å². The van der Waals surface area contributed by atoms with E-state index in [0.717, 1.165) is 74.4 Å². The number of rotatable bonds is 9. The molecule has 2 aromatic rings. The highest BCUT2D eigenvalue weighted by Crippen LogP contribution is 2.20. The van der Waals surface area contributed by atoms with Crippen molar-refractivity contribution in [2.75, 3.05) is 55.7 Å². The van der Waals surface area contributed by atoms with Crippen LogP contribution < -0.4 is 15.4 Å². The van der Waals surface area contributed by atoms with Crippen molar-refractivity contribution in [2.45, 2.75) is 46.2 Å². The summed E-state index contributed by atoms with van der Waals surface area (Å²) in [7, 11) is 0. The summed E-state index contributed by atoms with van der Waals surface area (Å²) in [5.41, 5.74) is 2.73. The number of likely N-dealkylation sites (N-methyl/N-ethyl adjacent to an activating group) is 1. The number of H-pyrrole nitrogens is 1. The molecule has 168 valence electrons. The summed E-state index contributed by atoms with van der Waals surface area (Å²) in [4.78, 5) is 36.3. The summed E-state index contributed by atoms with van der Waals surface area (Å²) in [6, 6.07) is 1.97. The van der Waals surface area contributed by atoms with Crippen LogP contribution >= 0.6 is 0 Å². The Balaban J connectivity index is 1.45. The van der Waals surface area contributed by atoms with Gasteiger partial charge in [0.15, 0.2) is 0 Å². The maximum absolute atomic E-state index is 12.6. The molecular formula is C22H33N7O2. The Labute approximate surface area is 183 Å². The molecule has 1 saturated heterocycles. The van der Waals surface area contributed by atoms with Crippen LogP contribution in [0.2, 0.25) is 0 Å². The second kappa shape index (κ2) is 10.2. The summed E-state index contributed by atoms with van der Waals surface area (Å²) < 4.78 is 5.48. The summed E-state index contributed by atoms with van der Waals surface area (Å²) >= 11 is 0. The lowest BCUT2D eigenvalue weighted by molar-refractivity contribution is 0.153. The van der Waals surface area contributed by atoms with E-state index in [1.165, 1.54) is 0 Å². The average molecular weight is 428 g/mol. The van der Waals surface area contributed by atoms with E-state index in [2.05, 4.69) is 31.6 Å². The molecule has 4 rings (SSSR count). The third-order valence-corrected chi connectivity index (χ3v) is 6.01. The highest BCUT2D eigenvalue weighted by molar-refractivity contribution is 5.35. The van der Waals surface area contributed by atoms with Gasteiger partial charge in [0.05, 0.1) is 18.0 Å². The predicted octanol–water partition coefficient (Wildman–Crippen LogP) is 1.58. The first-order valence-electron chi connectivity index (χ1n) is 11.4. The van der Waals surface area contributed by atoms with Gasteiger partial charge in [-0.15, -0.1) is 0 Å². The maximum Gasteiger partial charge on any atom is 0.255 e. The highest BCUT2D eigenvalue weighted by Gasteiger charge is 2.24. The number of nitrogens with one attached hydrogen (secondary N) is 1. The van der Waals surface area contributed by atoms with Crippen LogP contribution in [0.3, 0.4) is 0 Å². The van der Waals surface area contributed by atoms with Crippen molar-refractivity contribution >= 4 is 11.9 Å². The zero-order valence-corrected chi connectivity index (χ0v) is 18.6. The number of anilines is 2. The fourth-order valence-corrected chi connectivity index (χ4v) is 4.27. The van der Waals surface area contributed by atoms with E-state index in [0.29, 0.717) is 32.7 Å². The van der Waals surface area contributed by atoms with Gasteiger partial charge in [0.25, 0.3) is 5.56 Å². The fraction of sp³-hybridized carbons (Fsp3) is 0.636. The van der Waals surface area contributed by atoms with Crippen molar-refractivity contribution in [3.63, 3.8) is 0 Å². The van der Waals surface area contributed by atoms with Gasteiger partial charge in [-0.3, -0.25) is 14.7 Å². The van der Waals surface area contributed by atoms with Gasteiger partial charge in [-0.1, -0.05) is 0 Å². The first kappa shape index (κ1) is 21.7. The zero-order chi connectivity index (χ0) is 21.6. The molecule has 0 unspecified atom stereocenters. The van der Waals surface area contributed by atoms with Gasteiger partial charge in [0.1, 0.15) is 0 Å². The molecule has 0 aliphatic carbocycles. The molecule has 0 spiro atoms. The lowest BCUT2D eigenvalue weighted by atomic mass is 10.1. The van der Waals surface area contributed by atoms with Crippen LogP contribution in [0.15, 0.2) is 17.1 Å². The van der Waals surface area contributed by atoms with Crippen LogP contribution in [0.1, 0.15) is 43.6 Å². The summed E-state index contributed by atoms with van der Waals surface area (Å²) in [5.74, 6) is 1.46. The van der Waals surface area contributed by atoms with Crippen LogP contribution in [0.25, 0.3) is 0 Å². The third kappa shape index (κ3) is 5.22. The Hall–Kier alpha value is -2.52. The fourth-order valence-electron chi connectivity index (χ4n) is 4.27. The molecule has 9 heteroatoms. The number of nitrogens with zero attached hydrogens (tertiary/aromatic N) is 6. The van der Waals surface area contributed by atoms with Gasteiger partial charge in [-0.05, 0) is 39.2 Å². The van der Waals surface area contributed by atoms with Gasteiger partial charge >= 0.3 is 0 Å². The SMILES string of the molecule is CCOCCN(CC)c1nccc(CN2CCc3c(nc(N4CCCC4)[nH]c3=O)C2)n1. The lowest BCUT2D eigenvalue weighted by Gasteiger charge is -2.28. The topological polar surface area (TPSA) is 90.5 Å². The van der Waals surface area contributed by atoms with Gasteiger partial charge in [-0.25, -0.2) is 15.0 Å². The predicted molar refractivity (Wildman–Crippen MR) is 121 cm³/mol. The Morgan fingerprint density at radius 3 is 2.81 bits per heavy atom. The van der Waals surface area contributed by atoms with E-state index in [1.807, 2.05) is 19.2 Å². The molecule has 0 amide bonds. The van der Waals surface area contributed by atoms with E-state index in [4.69, 9.17) is 14.7 Å². The Kier molecular flexibility index (Phi) is 7.14. The monoisotopic (exact) mass is 427 g/mol. The number of hydrogen-bond acceptors (Lipinski definition) is 8. The first-order chi connectivity index (χ1) is 15.2. The van der Waals surface area contributed by atoms with Crippen molar-refractivity contribution in [1.29, 1.82) is 0 Å². The first-order valence-corrected chi connectivity index (χ1v) is 11.4. The van der Waals surface area contributed by atoms with Gasteiger partial charge < -0.3 is 14.5 Å². The van der Waals surface area contributed by atoms with Crippen molar-refractivity contribution < 1.29 is 4.74 Å².